The van der Waals surface area contributed by atoms with Crippen LogP contribution < -0.4 is 5.32 Å². The van der Waals surface area contributed by atoms with Crippen LogP contribution in [0.4, 0.5) is 0 Å². The first-order chi connectivity index (χ1) is 3.43. The number of hydrogen-bond donors (Lipinski definition) is 1. The van der Waals surface area contributed by atoms with Gasteiger partial charge in [0, 0.05) is 13.3 Å². The van der Waals surface area contributed by atoms with Crippen molar-refractivity contribution >= 4 is 11.8 Å². The van der Waals surface area contributed by atoms with Gasteiger partial charge in [0.05, 0.1) is 0 Å². The molecule has 7 heavy (non-hydrogen) atoms. The van der Waals surface area contributed by atoms with E-state index in [1.165, 1.54) is 0 Å². The maximum atomic E-state index is 4.90. The highest BCUT2D eigenvalue weighted by Gasteiger charge is 2.04. The molecule has 40 valence electrons. The van der Waals surface area contributed by atoms with E-state index in [1.54, 1.807) is 18.9 Å². The van der Waals surface area contributed by atoms with E-state index >= 15 is 0 Å². The Bertz CT molecular complexity index is 75.8. The zero-order chi connectivity index (χ0) is 5.11. The van der Waals surface area contributed by atoms with Gasteiger partial charge < -0.3 is 10.1 Å². The molecule has 0 aromatic heterocycles. The molecule has 0 aliphatic carbocycles. The van der Waals surface area contributed by atoms with Crippen molar-refractivity contribution in [3.8, 4) is 0 Å². The molecule has 0 radical (unpaired) electrons. The lowest BCUT2D eigenvalue weighted by molar-refractivity contribution is 0.160. The zero-order valence-electron chi connectivity index (χ0n) is 4.05. The van der Waals surface area contributed by atoms with Crippen LogP contribution in [0.3, 0.4) is 0 Å². The number of rotatable bonds is 1. The van der Waals surface area contributed by atoms with Crippen molar-refractivity contribution in [3.05, 3.63) is 11.6 Å². The van der Waals surface area contributed by atoms with Crippen molar-refractivity contribution < 1.29 is 4.74 Å². The molecule has 3 heteroatoms. The summed E-state index contributed by atoms with van der Waals surface area (Å²) in [6.45, 7) is 0. The molecule has 1 aliphatic rings. The molecule has 1 unspecified atom stereocenters. The Labute approximate surface area is 46.9 Å². The zero-order valence-corrected chi connectivity index (χ0v) is 4.87. The minimum atomic E-state index is 0.153. The van der Waals surface area contributed by atoms with Crippen LogP contribution in [0.2, 0.25) is 0 Å². The average molecular weight is 117 g/mol. The van der Waals surface area contributed by atoms with E-state index in [0.29, 0.717) is 0 Å². The third-order valence-corrected chi connectivity index (χ3v) is 1.59. The summed E-state index contributed by atoms with van der Waals surface area (Å²) in [7, 11) is 1.68. The van der Waals surface area contributed by atoms with Crippen molar-refractivity contribution in [2.24, 2.45) is 0 Å². The molecular weight excluding hydrogens is 110 g/mol. The van der Waals surface area contributed by atoms with E-state index in [1.807, 2.05) is 11.6 Å². The van der Waals surface area contributed by atoms with Crippen LogP contribution in [0.1, 0.15) is 0 Å². The van der Waals surface area contributed by atoms with E-state index in [4.69, 9.17) is 4.74 Å². The quantitative estimate of drug-likeness (QED) is 0.547. The number of methoxy groups -OCH3 is 1. The van der Waals surface area contributed by atoms with E-state index in [0.717, 1.165) is 0 Å². The van der Waals surface area contributed by atoms with Gasteiger partial charge in [0.1, 0.15) is 0 Å². The molecule has 1 rings (SSSR count). The lowest BCUT2D eigenvalue weighted by Crippen LogP contribution is -2.17. The number of ether oxygens (including phenoxy) is 1. The normalized spacial score (nSPS) is 27.9. The third-order valence-electron chi connectivity index (χ3n) is 0.717. The minimum absolute atomic E-state index is 0.153. The third kappa shape index (κ3) is 1.11. The van der Waals surface area contributed by atoms with Crippen molar-refractivity contribution in [1.29, 1.82) is 0 Å². The Kier molecular flexibility index (Phi) is 1.59. The lowest BCUT2D eigenvalue weighted by atomic mass is 11.0. The second-order valence-corrected chi connectivity index (χ2v) is 2.15. The van der Waals surface area contributed by atoms with Gasteiger partial charge in [-0.1, -0.05) is 11.8 Å². The average Bonchev–Trinajstić information content (AvgIpc) is 2.14. The summed E-state index contributed by atoms with van der Waals surface area (Å²) >= 11 is 1.63. The molecule has 0 aromatic rings. The van der Waals surface area contributed by atoms with Gasteiger partial charge in [0.25, 0.3) is 0 Å². The Hall–Kier alpha value is -0.150. The summed E-state index contributed by atoms with van der Waals surface area (Å²) < 4.78 is 4.90. The summed E-state index contributed by atoms with van der Waals surface area (Å²) in [6, 6.07) is 0. The number of thioether (sulfide) groups is 1. The molecular formula is C4H7NOS. The summed E-state index contributed by atoms with van der Waals surface area (Å²) in [5.74, 6) is 0. The topological polar surface area (TPSA) is 21.3 Å². The fourth-order valence-corrected chi connectivity index (χ4v) is 0.959. The molecule has 0 fully saturated rings. The highest BCUT2D eigenvalue weighted by atomic mass is 32.2. The van der Waals surface area contributed by atoms with Crippen molar-refractivity contribution in [2.75, 3.05) is 7.11 Å². The van der Waals surface area contributed by atoms with E-state index in [9.17, 15) is 0 Å². The Balaban J connectivity index is 2.22. The van der Waals surface area contributed by atoms with Crippen LogP contribution in [-0.2, 0) is 4.74 Å². The maximum Gasteiger partial charge on any atom is 0.179 e. The molecule has 1 aliphatic heterocycles. The molecule has 0 saturated carbocycles. The fraction of sp³-hybridized carbons (Fsp3) is 0.500. The fourth-order valence-electron chi connectivity index (χ4n) is 0.391. The number of hydrogen-bond acceptors (Lipinski definition) is 3. The maximum absolute atomic E-state index is 4.90. The van der Waals surface area contributed by atoms with Gasteiger partial charge in [-0.05, 0) is 5.41 Å². The molecule has 1 atom stereocenters. The molecule has 0 bridgehead atoms. The van der Waals surface area contributed by atoms with Gasteiger partial charge in [-0.3, -0.25) is 0 Å². The summed E-state index contributed by atoms with van der Waals surface area (Å²) in [5.41, 5.74) is 0.153. The molecule has 0 spiro atoms. The summed E-state index contributed by atoms with van der Waals surface area (Å²) in [6.07, 6.45) is 1.87. The van der Waals surface area contributed by atoms with Crippen LogP contribution in [0.5, 0.6) is 0 Å². The van der Waals surface area contributed by atoms with Crippen LogP contribution in [0.15, 0.2) is 11.6 Å². The van der Waals surface area contributed by atoms with E-state index in [-0.39, 0.29) is 5.56 Å². The van der Waals surface area contributed by atoms with Gasteiger partial charge in [-0.25, -0.2) is 0 Å². The smallest absolute Gasteiger partial charge is 0.179 e. The molecule has 1 heterocycles. The number of nitrogens with one attached hydrogen (secondary N) is 1. The predicted molar refractivity (Wildman–Crippen MR) is 30.7 cm³/mol. The Morgan fingerprint density at radius 1 is 1.86 bits per heavy atom. The Morgan fingerprint density at radius 2 is 2.71 bits per heavy atom. The van der Waals surface area contributed by atoms with Crippen LogP contribution in [0, 0.1) is 0 Å². The summed E-state index contributed by atoms with van der Waals surface area (Å²) in [4.78, 5) is 0. The lowest BCUT2D eigenvalue weighted by Gasteiger charge is -2.04. The minimum Gasteiger partial charge on any atom is -0.357 e. The van der Waals surface area contributed by atoms with Crippen LogP contribution in [0.25, 0.3) is 0 Å². The van der Waals surface area contributed by atoms with E-state index < -0.39 is 0 Å². The van der Waals surface area contributed by atoms with Gasteiger partial charge >= 0.3 is 0 Å². The first-order valence-electron chi connectivity index (χ1n) is 2.03. The SMILES string of the molecule is COC1NC=CS1. The second-order valence-electron chi connectivity index (χ2n) is 1.17. The van der Waals surface area contributed by atoms with Gasteiger partial charge in [-0.15, -0.1) is 0 Å². The first kappa shape index (κ1) is 5.00. The van der Waals surface area contributed by atoms with Crippen LogP contribution in [-0.4, -0.2) is 12.7 Å². The van der Waals surface area contributed by atoms with Crippen molar-refractivity contribution in [3.63, 3.8) is 0 Å². The summed E-state index contributed by atoms with van der Waals surface area (Å²) in [5, 5.41) is 4.93. The predicted octanol–water partition coefficient (Wildman–Crippen LogP) is 0.724. The first-order valence-corrected chi connectivity index (χ1v) is 2.97. The highest BCUT2D eigenvalue weighted by Crippen LogP contribution is 2.14. The Morgan fingerprint density at radius 3 is 3.00 bits per heavy atom. The van der Waals surface area contributed by atoms with E-state index in [2.05, 4.69) is 5.32 Å². The molecule has 0 saturated heterocycles. The molecule has 0 amide bonds. The molecule has 2 nitrogen and oxygen atoms in total. The molecule has 1 N–H and O–H groups in total. The monoisotopic (exact) mass is 117 g/mol. The van der Waals surface area contributed by atoms with Gasteiger partial charge in [-0.2, -0.15) is 0 Å². The second kappa shape index (κ2) is 2.23. The van der Waals surface area contributed by atoms with Crippen LogP contribution >= 0.6 is 11.8 Å². The van der Waals surface area contributed by atoms with Gasteiger partial charge in [0.15, 0.2) is 5.56 Å². The largest absolute Gasteiger partial charge is 0.357 e. The van der Waals surface area contributed by atoms with Crippen molar-refractivity contribution in [2.45, 2.75) is 5.56 Å². The highest BCUT2D eigenvalue weighted by molar-refractivity contribution is 8.02. The van der Waals surface area contributed by atoms with Crippen molar-refractivity contribution in [1.82, 2.24) is 5.32 Å². The standard InChI is InChI=1S/C4H7NOS/c1-6-4-5-2-3-7-4/h2-5H,1H3. The van der Waals surface area contributed by atoms with Gasteiger partial charge in [0.2, 0.25) is 0 Å². The molecule has 0 aromatic carbocycles.